The van der Waals surface area contributed by atoms with Crippen molar-refractivity contribution in [3.05, 3.63) is 47.5 Å². The lowest BCUT2D eigenvalue weighted by molar-refractivity contribution is -0.132. The summed E-state index contributed by atoms with van der Waals surface area (Å²) in [4.78, 5) is 21.9. The molecule has 0 atom stereocenters. The van der Waals surface area contributed by atoms with Gasteiger partial charge in [-0.15, -0.1) is 0 Å². The van der Waals surface area contributed by atoms with Crippen LogP contribution in [-0.4, -0.2) is 16.9 Å². The van der Waals surface area contributed by atoms with Crippen LogP contribution in [0.1, 0.15) is 17.3 Å². The molecule has 1 N–H and O–H groups in total. The van der Waals surface area contributed by atoms with Gasteiger partial charge in [-0.25, -0.2) is 4.79 Å². The van der Waals surface area contributed by atoms with Gasteiger partial charge in [0, 0.05) is 11.1 Å². The van der Waals surface area contributed by atoms with Gasteiger partial charge < -0.3 is 5.11 Å². The standard InChI is InChI=1S/C11H10O3/c1-8(11(13)14)7-10(12)9-5-3-2-4-6-9/h2-7H,1H3,(H,13,14). The van der Waals surface area contributed by atoms with Gasteiger partial charge in [-0.1, -0.05) is 30.3 Å². The van der Waals surface area contributed by atoms with Crippen molar-refractivity contribution in [3.63, 3.8) is 0 Å². The summed E-state index contributed by atoms with van der Waals surface area (Å²) < 4.78 is 0. The van der Waals surface area contributed by atoms with Crippen LogP contribution < -0.4 is 0 Å². The zero-order valence-corrected chi connectivity index (χ0v) is 7.73. The Hall–Kier alpha value is -1.90. The maximum absolute atomic E-state index is 11.4. The zero-order chi connectivity index (χ0) is 10.6. The van der Waals surface area contributed by atoms with E-state index in [4.69, 9.17) is 5.11 Å². The largest absolute Gasteiger partial charge is 0.478 e. The van der Waals surface area contributed by atoms with E-state index in [-0.39, 0.29) is 11.4 Å². The fraction of sp³-hybridized carbons (Fsp3) is 0.0909. The highest BCUT2D eigenvalue weighted by molar-refractivity contribution is 6.08. The maximum Gasteiger partial charge on any atom is 0.331 e. The van der Waals surface area contributed by atoms with Gasteiger partial charge in [0.2, 0.25) is 0 Å². The first kappa shape index (κ1) is 10.2. The molecule has 72 valence electrons. The van der Waals surface area contributed by atoms with E-state index in [9.17, 15) is 9.59 Å². The molecule has 0 unspecified atom stereocenters. The summed E-state index contributed by atoms with van der Waals surface area (Å²) in [6, 6.07) is 8.56. The summed E-state index contributed by atoms with van der Waals surface area (Å²) >= 11 is 0. The minimum Gasteiger partial charge on any atom is -0.478 e. The van der Waals surface area contributed by atoms with Crippen molar-refractivity contribution in [3.8, 4) is 0 Å². The molecule has 14 heavy (non-hydrogen) atoms. The molecule has 0 heterocycles. The first-order valence-corrected chi connectivity index (χ1v) is 4.12. The third-order valence-corrected chi connectivity index (χ3v) is 1.74. The number of hydrogen-bond donors (Lipinski definition) is 1. The van der Waals surface area contributed by atoms with Crippen molar-refractivity contribution >= 4 is 11.8 Å². The molecule has 0 saturated carbocycles. The quantitative estimate of drug-likeness (QED) is 0.585. The maximum atomic E-state index is 11.4. The van der Waals surface area contributed by atoms with E-state index in [0.717, 1.165) is 6.08 Å². The molecule has 0 saturated heterocycles. The monoisotopic (exact) mass is 190 g/mol. The second kappa shape index (κ2) is 4.37. The van der Waals surface area contributed by atoms with Crippen molar-refractivity contribution in [2.45, 2.75) is 6.92 Å². The van der Waals surface area contributed by atoms with Crippen LogP contribution >= 0.6 is 0 Å². The zero-order valence-electron chi connectivity index (χ0n) is 7.73. The molecule has 0 spiro atoms. The van der Waals surface area contributed by atoms with E-state index in [0.29, 0.717) is 5.56 Å². The predicted octanol–water partition coefficient (Wildman–Crippen LogP) is 1.90. The Kier molecular flexibility index (Phi) is 3.18. The molecule has 3 nitrogen and oxygen atoms in total. The van der Waals surface area contributed by atoms with Gasteiger partial charge in [0.1, 0.15) is 0 Å². The van der Waals surface area contributed by atoms with Crippen LogP contribution in [0.2, 0.25) is 0 Å². The molecule has 0 bridgehead atoms. The Labute approximate surface area is 81.7 Å². The van der Waals surface area contributed by atoms with E-state index in [1.165, 1.54) is 6.92 Å². The summed E-state index contributed by atoms with van der Waals surface area (Å²) in [5, 5.41) is 8.56. The van der Waals surface area contributed by atoms with E-state index in [2.05, 4.69) is 0 Å². The first-order valence-electron chi connectivity index (χ1n) is 4.12. The van der Waals surface area contributed by atoms with Crippen molar-refractivity contribution in [2.24, 2.45) is 0 Å². The molecule has 0 fully saturated rings. The SMILES string of the molecule is CC(=CC(=O)c1ccccc1)C(=O)O. The summed E-state index contributed by atoms with van der Waals surface area (Å²) in [6.07, 6.45) is 1.12. The highest BCUT2D eigenvalue weighted by Crippen LogP contribution is 2.03. The van der Waals surface area contributed by atoms with Crippen molar-refractivity contribution in [2.75, 3.05) is 0 Å². The molecule has 1 aromatic carbocycles. The highest BCUT2D eigenvalue weighted by atomic mass is 16.4. The number of carboxylic acid groups (broad SMARTS) is 1. The summed E-state index contributed by atoms with van der Waals surface area (Å²) in [5.41, 5.74) is 0.534. The van der Waals surface area contributed by atoms with Gasteiger partial charge in [0.15, 0.2) is 5.78 Å². The van der Waals surface area contributed by atoms with Crippen molar-refractivity contribution in [1.29, 1.82) is 0 Å². The number of allylic oxidation sites excluding steroid dienone is 1. The van der Waals surface area contributed by atoms with E-state index >= 15 is 0 Å². The van der Waals surface area contributed by atoms with E-state index in [1.807, 2.05) is 0 Å². The smallest absolute Gasteiger partial charge is 0.331 e. The molecule has 1 aromatic rings. The summed E-state index contributed by atoms with van der Waals surface area (Å²) in [6.45, 7) is 1.39. The summed E-state index contributed by atoms with van der Waals surface area (Å²) in [7, 11) is 0. The normalized spacial score (nSPS) is 11.1. The molecule has 0 aliphatic heterocycles. The lowest BCUT2D eigenvalue weighted by Gasteiger charge is -1.95. The molecule has 0 aliphatic rings. The van der Waals surface area contributed by atoms with Crippen LogP contribution in [0.25, 0.3) is 0 Å². The van der Waals surface area contributed by atoms with Gasteiger partial charge in [0.25, 0.3) is 0 Å². The number of carboxylic acids is 1. The molecule has 0 aromatic heterocycles. The highest BCUT2D eigenvalue weighted by Gasteiger charge is 2.05. The second-order valence-corrected chi connectivity index (χ2v) is 2.86. The van der Waals surface area contributed by atoms with Gasteiger partial charge in [-0.2, -0.15) is 0 Å². The minimum atomic E-state index is -1.07. The van der Waals surface area contributed by atoms with Gasteiger partial charge in [0.05, 0.1) is 0 Å². The van der Waals surface area contributed by atoms with Gasteiger partial charge in [-0.05, 0) is 13.0 Å². The van der Waals surface area contributed by atoms with Crippen molar-refractivity contribution in [1.82, 2.24) is 0 Å². The second-order valence-electron chi connectivity index (χ2n) is 2.86. The Morgan fingerprint density at radius 2 is 1.79 bits per heavy atom. The van der Waals surface area contributed by atoms with Crippen LogP contribution in [0.4, 0.5) is 0 Å². The number of aliphatic carboxylic acids is 1. The predicted molar refractivity (Wildman–Crippen MR) is 52.2 cm³/mol. The van der Waals surface area contributed by atoms with Crippen LogP contribution in [-0.2, 0) is 4.79 Å². The molecule has 1 rings (SSSR count). The Balaban J connectivity index is 2.88. The molecular formula is C11H10O3. The van der Waals surface area contributed by atoms with Crippen molar-refractivity contribution < 1.29 is 14.7 Å². The van der Waals surface area contributed by atoms with E-state index in [1.54, 1.807) is 30.3 Å². The fourth-order valence-corrected chi connectivity index (χ4v) is 0.944. The molecule has 0 radical (unpaired) electrons. The lowest BCUT2D eigenvalue weighted by atomic mass is 10.1. The van der Waals surface area contributed by atoms with Crippen LogP contribution in [0, 0.1) is 0 Å². The average Bonchev–Trinajstić information content (AvgIpc) is 2.19. The third kappa shape index (κ3) is 2.55. The average molecular weight is 190 g/mol. The van der Waals surface area contributed by atoms with E-state index < -0.39 is 5.97 Å². The Morgan fingerprint density at radius 1 is 1.21 bits per heavy atom. The number of rotatable bonds is 3. The van der Waals surface area contributed by atoms with Crippen LogP contribution in [0.3, 0.4) is 0 Å². The molecule has 0 aliphatic carbocycles. The third-order valence-electron chi connectivity index (χ3n) is 1.74. The van der Waals surface area contributed by atoms with Crippen LogP contribution in [0.5, 0.6) is 0 Å². The van der Waals surface area contributed by atoms with Crippen LogP contribution in [0.15, 0.2) is 42.0 Å². The number of ketones is 1. The minimum absolute atomic E-state index is 0.0406. The molecule has 3 heteroatoms. The molecular weight excluding hydrogens is 180 g/mol. The number of carbonyl (C=O) groups is 2. The van der Waals surface area contributed by atoms with Gasteiger partial charge >= 0.3 is 5.97 Å². The Bertz CT molecular complexity index is 377. The fourth-order valence-electron chi connectivity index (χ4n) is 0.944. The Morgan fingerprint density at radius 3 is 2.29 bits per heavy atom. The number of benzene rings is 1. The molecule has 0 amide bonds. The first-order chi connectivity index (χ1) is 6.61. The van der Waals surface area contributed by atoms with Gasteiger partial charge in [-0.3, -0.25) is 4.79 Å². The topological polar surface area (TPSA) is 54.4 Å². The number of hydrogen-bond acceptors (Lipinski definition) is 2. The number of carbonyl (C=O) groups excluding carboxylic acids is 1. The summed E-state index contributed by atoms with van der Waals surface area (Å²) in [5.74, 6) is -1.36. The lowest BCUT2D eigenvalue weighted by Crippen LogP contribution is -2.01.